The van der Waals surface area contributed by atoms with Gasteiger partial charge in [-0.25, -0.2) is 0 Å². The number of aliphatic hydroxyl groups excluding tert-OH is 1. The van der Waals surface area contributed by atoms with Gasteiger partial charge in [-0.1, -0.05) is 0 Å². The molecule has 2 aliphatic rings. The van der Waals surface area contributed by atoms with Crippen molar-refractivity contribution in [2.75, 3.05) is 32.8 Å². The summed E-state index contributed by atoms with van der Waals surface area (Å²) < 4.78 is 10.9. The molecule has 1 amide bonds. The highest BCUT2D eigenvalue weighted by Crippen LogP contribution is 2.37. The van der Waals surface area contributed by atoms with E-state index >= 15 is 0 Å². The highest BCUT2D eigenvalue weighted by Gasteiger charge is 2.26. The van der Waals surface area contributed by atoms with E-state index < -0.39 is 6.10 Å². The van der Waals surface area contributed by atoms with Crippen LogP contribution in [0.1, 0.15) is 16.8 Å². The molecule has 1 saturated heterocycles. The molecule has 0 aliphatic carbocycles. The van der Waals surface area contributed by atoms with Gasteiger partial charge in [-0.3, -0.25) is 4.79 Å². The van der Waals surface area contributed by atoms with Crippen LogP contribution in [0.4, 0.5) is 5.69 Å². The predicted molar refractivity (Wildman–Crippen MR) is 82.2 cm³/mol. The monoisotopic (exact) mass is 321 g/mol. The van der Waals surface area contributed by atoms with Crippen molar-refractivity contribution in [1.29, 1.82) is 0 Å². The Labute approximate surface area is 133 Å². The van der Waals surface area contributed by atoms with Crippen molar-refractivity contribution in [3.05, 3.63) is 22.6 Å². The molecular weight excluding hydrogens is 302 g/mol. The first-order valence-electron chi connectivity index (χ1n) is 7.63. The molecule has 3 N–H and O–H groups in total. The van der Waals surface area contributed by atoms with Gasteiger partial charge in [0.2, 0.25) is 0 Å². The molecule has 1 aromatic carbocycles. The molecule has 0 bridgehead atoms. The van der Waals surface area contributed by atoms with Crippen molar-refractivity contribution < 1.29 is 19.4 Å². The number of nitroso groups, excluding NO2 is 1. The molecular formula is C15H19N3O5. The smallest absolute Gasteiger partial charge is 0.255 e. The summed E-state index contributed by atoms with van der Waals surface area (Å²) in [5.41, 5.74) is 0.335. The third-order valence-electron chi connectivity index (χ3n) is 4.09. The number of rotatable bonds is 4. The Morgan fingerprint density at radius 1 is 1.39 bits per heavy atom. The van der Waals surface area contributed by atoms with E-state index in [2.05, 4.69) is 15.8 Å². The number of nitrogens with one attached hydrogen (secondary N) is 2. The number of hydrogen-bond acceptors (Lipinski definition) is 7. The van der Waals surface area contributed by atoms with Crippen molar-refractivity contribution in [3.8, 4) is 11.5 Å². The van der Waals surface area contributed by atoms with Gasteiger partial charge in [0.15, 0.2) is 11.5 Å². The summed E-state index contributed by atoms with van der Waals surface area (Å²) in [4.78, 5) is 23.2. The minimum atomic E-state index is -0.486. The van der Waals surface area contributed by atoms with E-state index in [1.54, 1.807) is 0 Å². The Bertz CT molecular complexity index is 607. The van der Waals surface area contributed by atoms with E-state index in [0.29, 0.717) is 37.8 Å². The molecule has 0 aromatic heterocycles. The fourth-order valence-electron chi connectivity index (χ4n) is 2.81. The third-order valence-corrected chi connectivity index (χ3v) is 4.09. The van der Waals surface area contributed by atoms with Crippen LogP contribution in [-0.2, 0) is 0 Å². The van der Waals surface area contributed by atoms with Crippen molar-refractivity contribution >= 4 is 11.6 Å². The highest BCUT2D eigenvalue weighted by molar-refractivity contribution is 5.98. The van der Waals surface area contributed by atoms with Crippen LogP contribution in [0.5, 0.6) is 11.5 Å². The van der Waals surface area contributed by atoms with Crippen LogP contribution in [0, 0.1) is 10.8 Å². The normalized spacial score (nSPS) is 23.2. The SMILES string of the molecule is O=Nc1cc2c(c(C(=O)NC[C@@H]3CCNCC3O)c1)OCCO2. The van der Waals surface area contributed by atoms with Crippen molar-refractivity contribution in [2.24, 2.45) is 11.1 Å². The van der Waals surface area contributed by atoms with Gasteiger partial charge < -0.3 is 25.2 Å². The van der Waals surface area contributed by atoms with E-state index in [4.69, 9.17) is 9.47 Å². The van der Waals surface area contributed by atoms with E-state index in [0.717, 1.165) is 13.0 Å². The lowest BCUT2D eigenvalue weighted by atomic mass is 9.95. The van der Waals surface area contributed by atoms with Crippen LogP contribution in [0.2, 0.25) is 0 Å². The van der Waals surface area contributed by atoms with Gasteiger partial charge in [-0.2, -0.15) is 0 Å². The molecule has 8 nitrogen and oxygen atoms in total. The molecule has 23 heavy (non-hydrogen) atoms. The first-order valence-corrected chi connectivity index (χ1v) is 7.63. The van der Waals surface area contributed by atoms with Crippen molar-refractivity contribution in [2.45, 2.75) is 12.5 Å². The molecule has 8 heteroatoms. The third kappa shape index (κ3) is 3.43. The number of β-amino-alcohol motifs (C(OH)–C–C–N with tert-alkyl or cyclic N) is 1. The quantitative estimate of drug-likeness (QED) is 0.699. The lowest BCUT2D eigenvalue weighted by molar-refractivity contribution is 0.0750. The zero-order valence-corrected chi connectivity index (χ0v) is 12.6. The Balaban J connectivity index is 1.74. The average Bonchev–Trinajstić information content (AvgIpc) is 2.59. The van der Waals surface area contributed by atoms with Gasteiger partial charge in [0.1, 0.15) is 18.9 Å². The van der Waals surface area contributed by atoms with Gasteiger partial charge in [0.05, 0.1) is 11.7 Å². The number of carbonyl (C=O) groups is 1. The molecule has 124 valence electrons. The van der Waals surface area contributed by atoms with Gasteiger partial charge in [-0.05, 0) is 24.2 Å². The maximum atomic E-state index is 12.4. The summed E-state index contributed by atoms with van der Waals surface area (Å²) in [7, 11) is 0. The van der Waals surface area contributed by atoms with Gasteiger partial charge in [0.25, 0.3) is 5.91 Å². The first-order chi connectivity index (χ1) is 11.2. The number of aliphatic hydroxyl groups is 1. The van der Waals surface area contributed by atoms with E-state index in [1.165, 1.54) is 12.1 Å². The minimum Gasteiger partial charge on any atom is -0.486 e. The highest BCUT2D eigenvalue weighted by atomic mass is 16.6. The van der Waals surface area contributed by atoms with E-state index in [9.17, 15) is 14.8 Å². The molecule has 0 saturated carbocycles. The van der Waals surface area contributed by atoms with Gasteiger partial charge in [0, 0.05) is 25.1 Å². The van der Waals surface area contributed by atoms with Crippen LogP contribution >= 0.6 is 0 Å². The van der Waals surface area contributed by atoms with Crippen LogP contribution in [0.3, 0.4) is 0 Å². The van der Waals surface area contributed by atoms with Gasteiger partial charge in [-0.15, -0.1) is 4.91 Å². The summed E-state index contributed by atoms with van der Waals surface area (Å²) in [5.74, 6) is 0.302. The average molecular weight is 321 g/mol. The van der Waals surface area contributed by atoms with Crippen LogP contribution < -0.4 is 20.1 Å². The number of carbonyl (C=O) groups excluding carboxylic acids is 1. The summed E-state index contributed by atoms with van der Waals surface area (Å²) in [5, 5.41) is 18.7. The standard InChI is InChI=1S/C15H19N3O5/c19-12-8-16-2-1-9(12)7-17-15(20)11-5-10(18-21)6-13-14(11)23-4-3-22-13/h5-6,9,12,16,19H,1-4,7-8H2,(H,17,20)/t9-,12?/m0/s1. The number of benzene rings is 1. The number of hydrogen-bond donors (Lipinski definition) is 3. The number of amides is 1. The zero-order valence-electron chi connectivity index (χ0n) is 12.6. The minimum absolute atomic E-state index is 0.000531. The van der Waals surface area contributed by atoms with Gasteiger partial charge >= 0.3 is 0 Å². The van der Waals surface area contributed by atoms with Crippen LogP contribution in [0.25, 0.3) is 0 Å². The van der Waals surface area contributed by atoms with E-state index in [-0.39, 0.29) is 23.1 Å². The predicted octanol–water partition coefficient (Wildman–Crippen LogP) is 0.556. The van der Waals surface area contributed by atoms with Crippen molar-refractivity contribution in [3.63, 3.8) is 0 Å². The molecule has 3 rings (SSSR count). The summed E-state index contributed by atoms with van der Waals surface area (Å²) >= 11 is 0. The molecule has 2 heterocycles. The maximum absolute atomic E-state index is 12.4. The van der Waals surface area contributed by atoms with E-state index in [1.807, 2.05) is 0 Å². The summed E-state index contributed by atoms with van der Waals surface area (Å²) in [6.45, 7) is 2.40. The molecule has 2 aliphatic heterocycles. The molecule has 1 fully saturated rings. The Kier molecular flexibility index (Phi) is 4.73. The zero-order chi connectivity index (χ0) is 16.2. The number of piperidine rings is 1. The second-order valence-electron chi connectivity index (χ2n) is 5.64. The Morgan fingerprint density at radius 3 is 3.00 bits per heavy atom. The Hall–Kier alpha value is -2.19. The molecule has 1 unspecified atom stereocenters. The molecule has 1 aromatic rings. The maximum Gasteiger partial charge on any atom is 0.255 e. The summed E-state index contributed by atoms with van der Waals surface area (Å²) in [6, 6.07) is 2.84. The Morgan fingerprint density at radius 2 is 2.22 bits per heavy atom. The second kappa shape index (κ2) is 6.93. The number of nitrogens with zero attached hydrogens (tertiary/aromatic N) is 1. The largest absolute Gasteiger partial charge is 0.486 e. The van der Waals surface area contributed by atoms with Crippen molar-refractivity contribution in [1.82, 2.24) is 10.6 Å². The lowest BCUT2D eigenvalue weighted by Crippen LogP contribution is -2.45. The first kappa shape index (κ1) is 15.7. The molecule has 0 radical (unpaired) electrons. The van der Waals surface area contributed by atoms with Crippen LogP contribution in [-0.4, -0.2) is 50.0 Å². The fourth-order valence-corrected chi connectivity index (χ4v) is 2.81. The summed E-state index contributed by atoms with van der Waals surface area (Å²) in [6.07, 6.45) is 0.301. The second-order valence-corrected chi connectivity index (χ2v) is 5.64. The molecule has 0 spiro atoms. The topological polar surface area (TPSA) is 109 Å². The molecule has 2 atom stereocenters. The fraction of sp³-hybridized carbons (Fsp3) is 0.533. The lowest BCUT2D eigenvalue weighted by Gasteiger charge is -2.28. The number of ether oxygens (including phenoxy) is 2. The van der Waals surface area contributed by atoms with Crippen LogP contribution in [0.15, 0.2) is 17.3 Å². The number of fused-ring (bicyclic) bond motifs is 1.